The van der Waals surface area contributed by atoms with Crippen molar-refractivity contribution in [1.82, 2.24) is 5.32 Å². The molecule has 102 valence electrons. The van der Waals surface area contributed by atoms with Crippen LogP contribution in [0.15, 0.2) is 22.7 Å². The van der Waals surface area contributed by atoms with Crippen molar-refractivity contribution in [3.05, 3.63) is 28.2 Å². The van der Waals surface area contributed by atoms with E-state index in [9.17, 15) is 8.42 Å². The van der Waals surface area contributed by atoms with Gasteiger partial charge in [-0.15, -0.1) is 0 Å². The van der Waals surface area contributed by atoms with Crippen LogP contribution in [0.3, 0.4) is 0 Å². The molecule has 1 aromatic carbocycles. The smallest absolute Gasteiger partial charge is 0.234 e. The normalized spacial score (nSPS) is 11.8. The largest absolute Gasteiger partial charge is 0.313 e. The number of sulfonamides is 1. The molecule has 0 saturated carbocycles. The molecule has 0 bridgehead atoms. The number of halogens is 1. The molecule has 0 aliphatic carbocycles. The summed E-state index contributed by atoms with van der Waals surface area (Å²) in [5.41, 5.74) is 1.65. The van der Waals surface area contributed by atoms with Gasteiger partial charge in [-0.3, -0.25) is 4.72 Å². The van der Waals surface area contributed by atoms with Gasteiger partial charge in [0.1, 0.15) is 0 Å². The lowest BCUT2D eigenvalue weighted by molar-refractivity contribution is 0.582. The van der Waals surface area contributed by atoms with Crippen LogP contribution in [0.5, 0.6) is 0 Å². The van der Waals surface area contributed by atoms with Crippen molar-refractivity contribution in [3.8, 4) is 0 Å². The van der Waals surface area contributed by atoms with Crippen LogP contribution in [0, 0.1) is 6.92 Å². The molecule has 0 spiro atoms. The summed E-state index contributed by atoms with van der Waals surface area (Å²) in [5.74, 6) is 0.0610. The molecular weight excluding hydrogens is 316 g/mol. The quantitative estimate of drug-likeness (QED) is 0.840. The highest BCUT2D eigenvalue weighted by molar-refractivity contribution is 9.10. The SMILES string of the molecule is Cc1ccc(NS(=O)(=O)CCNC(C)C)c(Br)c1. The number of aryl methyl sites for hydroxylation is 1. The molecule has 0 radical (unpaired) electrons. The van der Waals surface area contributed by atoms with Crippen molar-refractivity contribution in [1.29, 1.82) is 0 Å². The Morgan fingerprint density at radius 3 is 2.56 bits per heavy atom. The van der Waals surface area contributed by atoms with E-state index in [0.29, 0.717) is 12.2 Å². The fourth-order valence-corrected chi connectivity index (χ4v) is 3.13. The van der Waals surface area contributed by atoms with E-state index in [1.807, 2.05) is 32.9 Å². The molecule has 0 fully saturated rings. The van der Waals surface area contributed by atoms with E-state index in [1.54, 1.807) is 6.07 Å². The third-order valence-corrected chi connectivity index (χ3v) is 4.24. The molecule has 1 aromatic rings. The first kappa shape index (κ1) is 15.5. The molecular formula is C12H19BrN2O2S. The molecule has 0 unspecified atom stereocenters. The highest BCUT2D eigenvalue weighted by atomic mass is 79.9. The zero-order valence-electron chi connectivity index (χ0n) is 10.8. The van der Waals surface area contributed by atoms with Crippen LogP contribution in [0.2, 0.25) is 0 Å². The summed E-state index contributed by atoms with van der Waals surface area (Å²) in [6.45, 7) is 6.36. The van der Waals surface area contributed by atoms with E-state index in [0.717, 1.165) is 10.0 Å². The highest BCUT2D eigenvalue weighted by Crippen LogP contribution is 2.24. The zero-order chi connectivity index (χ0) is 13.8. The van der Waals surface area contributed by atoms with Gasteiger partial charge in [-0.05, 0) is 40.5 Å². The Morgan fingerprint density at radius 2 is 2.00 bits per heavy atom. The van der Waals surface area contributed by atoms with Gasteiger partial charge in [-0.2, -0.15) is 0 Å². The third kappa shape index (κ3) is 5.37. The summed E-state index contributed by atoms with van der Waals surface area (Å²) in [6, 6.07) is 5.79. The van der Waals surface area contributed by atoms with Gasteiger partial charge in [0, 0.05) is 17.1 Å². The van der Waals surface area contributed by atoms with Crippen molar-refractivity contribution in [2.45, 2.75) is 26.8 Å². The van der Waals surface area contributed by atoms with E-state index >= 15 is 0 Å². The van der Waals surface area contributed by atoms with Gasteiger partial charge in [0.25, 0.3) is 0 Å². The summed E-state index contributed by atoms with van der Waals surface area (Å²) in [6.07, 6.45) is 0. The highest BCUT2D eigenvalue weighted by Gasteiger charge is 2.12. The third-order valence-electron chi connectivity index (χ3n) is 2.31. The summed E-state index contributed by atoms with van der Waals surface area (Å²) < 4.78 is 27.0. The molecule has 2 N–H and O–H groups in total. The number of rotatable bonds is 6. The maximum Gasteiger partial charge on any atom is 0.234 e. The van der Waals surface area contributed by atoms with Gasteiger partial charge in [-0.1, -0.05) is 19.9 Å². The first-order valence-electron chi connectivity index (χ1n) is 5.80. The maximum absolute atomic E-state index is 11.8. The Morgan fingerprint density at radius 1 is 1.33 bits per heavy atom. The van der Waals surface area contributed by atoms with Crippen molar-refractivity contribution in [2.75, 3.05) is 17.0 Å². The van der Waals surface area contributed by atoms with Crippen molar-refractivity contribution >= 4 is 31.6 Å². The predicted octanol–water partition coefficient (Wildman–Crippen LogP) is 2.50. The van der Waals surface area contributed by atoms with Crippen LogP contribution >= 0.6 is 15.9 Å². The van der Waals surface area contributed by atoms with Crippen LogP contribution in [0.4, 0.5) is 5.69 Å². The molecule has 0 aromatic heterocycles. The number of nitrogens with one attached hydrogen (secondary N) is 2. The van der Waals surface area contributed by atoms with E-state index < -0.39 is 10.0 Å². The Kier molecular flexibility index (Phi) is 5.62. The van der Waals surface area contributed by atoms with Crippen molar-refractivity contribution in [3.63, 3.8) is 0 Å². The van der Waals surface area contributed by atoms with Gasteiger partial charge < -0.3 is 5.32 Å². The van der Waals surface area contributed by atoms with Gasteiger partial charge in [0.15, 0.2) is 0 Å². The standard InChI is InChI=1S/C12H19BrN2O2S/c1-9(2)14-6-7-18(16,17)15-12-5-4-10(3)8-11(12)13/h4-5,8-9,14-15H,6-7H2,1-3H3. The van der Waals surface area contributed by atoms with Gasteiger partial charge >= 0.3 is 0 Å². The molecule has 6 heteroatoms. The second kappa shape index (κ2) is 6.54. The number of benzene rings is 1. The minimum Gasteiger partial charge on any atom is -0.313 e. The fourth-order valence-electron chi connectivity index (χ4n) is 1.40. The van der Waals surface area contributed by atoms with E-state index in [-0.39, 0.29) is 11.8 Å². The van der Waals surface area contributed by atoms with Crippen molar-refractivity contribution in [2.24, 2.45) is 0 Å². The second-order valence-corrected chi connectivity index (χ2v) is 7.21. The Balaban J connectivity index is 2.65. The average molecular weight is 335 g/mol. The van der Waals surface area contributed by atoms with Crippen molar-refractivity contribution < 1.29 is 8.42 Å². The van der Waals surface area contributed by atoms with E-state index in [2.05, 4.69) is 26.0 Å². The maximum atomic E-state index is 11.8. The van der Waals surface area contributed by atoms with Crippen LogP contribution in [0.1, 0.15) is 19.4 Å². The van der Waals surface area contributed by atoms with Gasteiger partial charge in [0.2, 0.25) is 10.0 Å². The topological polar surface area (TPSA) is 58.2 Å². The Labute approximate surface area is 117 Å². The predicted molar refractivity (Wildman–Crippen MR) is 79.4 cm³/mol. The lowest BCUT2D eigenvalue weighted by Gasteiger charge is -2.12. The first-order valence-corrected chi connectivity index (χ1v) is 8.25. The molecule has 1 rings (SSSR count). The van der Waals surface area contributed by atoms with Gasteiger partial charge in [-0.25, -0.2) is 8.42 Å². The van der Waals surface area contributed by atoms with Crippen LogP contribution in [0.25, 0.3) is 0 Å². The Hall–Kier alpha value is -0.590. The van der Waals surface area contributed by atoms with E-state index in [1.165, 1.54) is 0 Å². The molecule has 0 aliphatic heterocycles. The lowest BCUT2D eigenvalue weighted by atomic mass is 10.2. The number of hydrogen-bond acceptors (Lipinski definition) is 3. The second-order valence-electron chi connectivity index (χ2n) is 4.51. The number of anilines is 1. The minimum atomic E-state index is -3.31. The lowest BCUT2D eigenvalue weighted by Crippen LogP contribution is -2.31. The van der Waals surface area contributed by atoms with Crippen LogP contribution in [-0.2, 0) is 10.0 Å². The molecule has 0 atom stereocenters. The van der Waals surface area contributed by atoms with Gasteiger partial charge in [0.05, 0.1) is 11.4 Å². The molecule has 18 heavy (non-hydrogen) atoms. The Bertz CT molecular complexity index is 501. The molecule has 0 aliphatic rings. The summed E-state index contributed by atoms with van der Waals surface area (Å²) in [7, 11) is -3.31. The summed E-state index contributed by atoms with van der Waals surface area (Å²) in [4.78, 5) is 0. The van der Waals surface area contributed by atoms with Crippen LogP contribution < -0.4 is 10.0 Å². The molecule has 4 nitrogen and oxygen atoms in total. The first-order chi connectivity index (χ1) is 8.30. The fraction of sp³-hybridized carbons (Fsp3) is 0.500. The zero-order valence-corrected chi connectivity index (χ0v) is 13.2. The summed E-state index contributed by atoms with van der Waals surface area (Å²) in [5, 5.41) is 3.08. The molecule has 0 heterocycles. The van der Waals surface area contributed by atoms with Crippen LogP contribution in [-0.4, -0.2) is 26.8 Å². The monoisotopic (exact) mass is 334 g/mol. The molecule has 0 saturated heterocycles. The number of hydrogen-bond donors (Lipinski definition) is 2. The van der Waals surface area contributed by atoms with E-state index in [4.69, 9.17) is 0 Å². The summed E-state index contributed by atoms with van der Waals surface area (Å²) >= 11 is 3.35. The minimum absolute atomic E-state index is 0.0610. The average Bonchev–Trinajstić information content (AvgIpc) is 2.21. The molecule has 0 amide bonds.